The molecule has 0 atom stereocenters. The van der Waals surface area contributed by atoms with Gasteiger partial charge < -0.3 is 19.2 Å². The first-order valence-corrected chi connectivity index (χ1v) is 16.0. The standard InChI is InChI=1S/C37H34BrN3O5/c1-4-44-37(43)36-29(15-9-19-45-33-16-7-11-24-10-5-6-12-27(24)33)28-13-8-14-30(35(28)39-36)34-23(2)41(3)40-32(34)22-46-26-17-18-31(38)25(20-26)21-42/h5-8,10-14,16-18,20-21,39H,4,9,15,19,22H2,1-3H3. The van der Waals surface area contributed by atoms with E-state index >= 15 is 0 Å². The molecule has 6 rings (SSSR count). The van der Waals surface area contributed by atoms with E-state index in [2.05, 4.69) is 39.1 Å². The van der Waals surface area contributed by atoms with Crippen molar-refractivity contribution in [1.82, 2.24) is 14.8 Å². The van der Waals surface area contributed by atoms with E-state index in [9.17, 15) is 9.59 Å². The van der Waals surface area contributed by atoms with Gasteiger partial charge in [-0.25, -0.2) is 4.79 Å². The molecule has 8 nitrogen and oxygen atoms in total. The van der Waals surface area contributed by atoms with Gasteiger partial charge in [-0.3, -0.25) is 9.48 Å². The maximum absolute atomic E-state index is 13.2. The van der Waals surface area contributed by atoms with Crippen molar-refractivity contribution < 1.29 is 23.8 Å². The number of aryl methyl sites for hydroxylation is 2. The quantitative estimate of drug-likeness (QED) is 0.0793. The maximum Gasteiger partial charge on any atom is 0.355 e. The molecule has 2 aromatic heterocycles. The molecule has 0 saturated heterocycles. The van der Waals surface area contributed by atoms with Gasteiger partial charge in [0.05, 0.1) is 18.7 Å². The number of H-pyrrole nitrogens is 1. The Morgan fingerprint density at radius 2 is 1.78 bits per heavy atom. The van der Waals surface area contributed by atoms with Crippen LogP contribution < -0.4 is 9.47 Å². The number of halogens is 1. The minimum Gasteiger partial charge on any atom is -0.493 e. The lowest BCUT2D eigenvalue weighted by molar-refractivity contribution is 0.0519. The molecule has 0 amide bonds. The fraction of sp³-hybridized carbons (Fsp3) is 0.216. The van der Waals surface area contributed by atoms with E-state index in [0.29, 0.717) is 40.9 Å². The lowest BCUT2D eigenvalue weighted by Gasteiger charge is -2.10. The van der Waals surface area contributed by atoms with Crippen molar-refractivity contribution in [3.8, 4) is 22.6 Å². The minimum atomic E-state index is -0.387. The van der Waals surface area contributed by atoms with Crippen LogP contribution in [0.5, 0.6) is 11.5 Å². The number of carbonyl (C=O) groups is 2. The van der Waals surface area contributed by atoms with Crippen molar-refractivity contribution >= 4 is 49.9 Å². The number of carbonyl (C=O) groups excluding carboxylic acids is 2. The Morgan fingerprint density at radius 3 is 2.61 bits per heavy atom. The van der Waals surface area contributed by atoms with Gasteiger partial charge in [0.15, 0.2) is 6.29 Å². The summed E-state index contributed by atoms with van der Waals surface area (Å²) in [4.78, 5) is 28.1. The van der Waals surface area contributed by atoms with Crippen molar-refractivity contribution in [2.24, 2.45) is 7.05 Å². The Balaban J connectivity index is 1.31. The van der Waals surface area contributed by atoms with E-state index in [1.807, 2.05) is 61.1 Å². The summed E-state index contributed by atoms with van der Waals surface area (Å²) in [5.74, 6) is 1.02. The molecule has 1 N–H and O–H groups in total. The first-order chi connectivity index (χ1) is 22.4. The average molecular weight is 681 g/mol. The van der Waals surface area contributed by atoms with Gasteiger partial charge in [-0.05, 0) is 61.9 Å². The molecule has 0 aliphatic carbocycles. The second-order valence-corrected chi connectivity index (χ2v) is 11.8. The Kier molecular flexibility index (Phi) is 9.21. The monoisotopic (exact) mass is 679 g/mol. The molecule has 0 aliphatic rings. The molecule has 0 unspecified atom stereocenters. The van der Waals surface area contributed by atoms with E-state index in [1.54, 1.807) is 25.1 Å². The molecule has 4 aromatic carbocycles. The lowest BCUT2D eigenvalue weighted by Crippen LogP contribution is -2.09. The number of nitrogens with zero attached hydrogens (tertiary/aromatic N) is 2. The zero-order chi connectivity index (χ0) is 32.2. The summed E-state index contributed by atoms with van der Waals surface area (Å²) < 4.78 is 20.3. The van der Waals surface area contributed by atoms with E-state index in [-0.39, 0.29) is 19.2 Å². The highest BCUT2D eigenvalue weighted by Crippen LogP contribution is 2.37. The predicted octanol–water partition coefficient (Wildman–Crippen LogP) is 8.37. The van der Waals surface area contributed by atoms with Gasteiger partial charge in [0.2, 0.25) is 0 Å². The van der Waals surface area contributed by atoms with Crippen LogP contribution in [0.15, 0.2) is 83.3 Å². The number of aromatic amines is 1. The van der Waals surface area contributed by atoms with Gasteiger partial charge >= 0.3 is 5.97 Å². The summed E-state index contributed by atoms with van der Waals surface area (Å²) in [5, 5.41) is 7.92. The van der Waals surface area contributed by atoms with Crippen molar-refractivity contribution in [3.63, 3.8) is 0 Å². The lowest BCUT2D eigenvalue weighted by atomic mass is 9.98. The number of aldehydes is 1. The molecule has 0 bridgehead atoms. The Morgan fingerprint density at radius 1 is 1.00 bits per heavy atom. The summed E-state index contributed by atoms with van der Waals surface area (Å²) in [7, 11) is 1.90. The molecule has 9 heteroatoms. The number of rotatable bonds is 12. The van der Waals surface area contributed by atoms with Gasteiger partial charge in [0, 0.05) is 44.7 Å². The van der Waals surface area contributed by atoms with Gasteiger partial charge in [0.1, 0.15) is 29.5 Å². The zero-order valence-corrected chi connectivity index (χ0v) is 27.5. The van der Waals surface area contributed by atoms with Gasteiger partial charge in [-0.15, -0.1) is 0 Å². The molecule has 234 valence electrons. The van der Waals surface area contributed by atoms with E-state index in [0.717, 1.165) is 61.8 Å². The predicted molar refractivity (Wildman–Crippen MR) is 183 cm³/mol. The van der Waals surface area contributed by atoms with Crippen LogP contribution in [0.2, 0.25) is 0 Å². The molecule has 0 saturated carbocycles. The number of fused-ring (bicyclic) bond motifs is 2. The van der Waals surface area contributed by atoms with Crippen LogP contribution in [0.4, 0.5) is 0 Å². The number of hydrogen-bond acceptors (Lipinski definition) is 6. The van der Waals surface area contributed by atoms with Crippen LogP contribution in [0.25, 0.3) is 32.8 Å². The number of ether oxygens (including phenoxy) is 3. The molecular weight excluding hydrogens is 646 g/mol. The summed E-state index contributed by atoms with van der Waals surface area (Å²) in [6, 6.07) is 25.6. The first kappa shape index (κ1) is 31.1. The number of benzene rings is 4. The average Bonchev–Trinajstić information content (AvgIpc) is 3.59. The SMILES string of the molecule is CCOC(=O)c1[nH]c2c(-c3c(COc4ccc(Br)c(C=O)c4)nn(C)c3C)cccc2c1CCCOc1cccc2ccccc12. The van der Waals surface area contributed by atoms with Crippen LogP contribution in [-0.2, 0) is 24.8 Å². The second kappa shape index (κ2) is 13.6. The normalized spacial score (nSPS) is 11.2. The molecular formula is C37H34BrN3O5. The van der Waals surface area contributed by atoms with Crippen molar-refractivity contribution in [2.75, 3.05) is 13.2 Å². The Labute approximate surface area is 275 Å². The number of hydrogen-bond donors (Lipinski definition) is 1. The summed E-state index contributed by atoms with van der Waals surface area (Å²) in [6.45, 7) is 4.77. The van der Waals surface area contributed by atoms with Gasteiger partial charge in [-0.1, -0.05) is 70.5 Å². The van der Waals surface area contributed by atoms with E-state index < -0.39 is 0 Å². The van der Waals surface area contributed by atoms with Gasteiger partial charge in [-0.2, -0.15) is 5.10 Å². The van der Waals surface area contributed by atoms with Crippen LogP contribution in [0.1, 0.15) is 51.1 Å². The number of aromatic nitrogens is 3. The van der Waals surface area contributed by atoms with Crippen molar-refractivity contribution in [3.05, 3.63) is 112 Å². The van der Waals surface area contributed by atoms with E-state index in [4.69, 9.17) is 19.3 Å². The topological polar surface area (TPSA) is 95.4 Å². The molecule has 6 aromatic rings. The highest BCUT2D eigenvalue weighted by atomic mass is 79.9. The van der Waals surface area contributed by atoms with E-state index in [1.165, 1.54) is 0 Å². The third-order valence-electron chi connectivity index (χ3n) is 8.15. The van der Waals surface area contributed by atoms with Crippen LogP contribution in [0, 0.1) is 6.92 Å². The fourth-order valence-corrected chi connectivity index (χ4v) is 6.19. The number of para-hydroxylation sites is 1. The van der Waals surface area contributed by atoms with Crippen LogP contribution >= 0.6 is 15.9 Å². The zero-order valence-electron chi connectivity index (χ0n) is 25.9. The Hall–Kier alpha value is -4.89. The summed E-state index contributed by atoms with van der Waals surface area (Å²) in [6.07, 6.45) is 2.11. The van der Waals surface area contributed by atoms with Crippen molar-refractivity contribution in [1.29, 1.82) is 0 Å². The number of nitrogens with one attached hydrogen (secondary N) is 1. The molecule has 0 fully saturated rings. The smallest absolute Gasteiger partial charge is 0.355 e. The fourth-order valence-electron chi connectivity index (χ4n) is 5.85. The third kappa shape index (κ3) is 6.15. The van der Waals surface area contributed by atoms with Crippen LogP contribution in [-0.4, -0.2) is 40.2 Å². The highest BCUT2D eigenvalue weighted by molar-refractivity contribution is 9.10. The third-order valence-corrected chi connectivity index (χ3v) is 8.87. The minimum absolute atomic E-state index is 0.192. The summed E-state index contributed by atoms with van der Waals surface area (Å²) in [5.41, 5.74) is 6.20. The molecule has 46 heavy (non-hydrogen) atoms. The summed E-state index contributed by atoms with van der Waals surface area (Å²) >= 11 is 3.39. The molecule has 0 spiro atoms. The largest absolute Gasteiger partial charge is 0.493 e. The first-order valence-electron chi connectivity index (χ1n) is 15.2. The maximum atomic E-state index is 13.2. The van der Waals surface area contributed by atoms with Crippen molar-refractivity contribution in [2.45, 2.75) is 33.3 Å². The van der Waals surface area contributed by atoms with Crippen LogP contribution in [0.3, 0.4) is 0 Å². The molecule has 0 aliphatic heterocycles. The molecule has 0 radical (unpaired) electrons. The molecule has 2 heterocycles. The van der Waals surface area contributed by atoms with Gasteiger partial charge in [0.25, 0.3) is 0 Å². The Bertz CT molecular complexity index is 2060. The number of esters is 1. The highest BCUT2D eigenvalue weighted by Gasteiger charge is 2.24. The second-order valence-electron chi connectivity index (χ2n) is 11.0.